The number of rotatable bonds is 4. The monoisotopic (exact) mass is 384 g/mol. The number of hydrogen-bond donors (Lipinski definition) is 0. The molecule has 0 N–H and O–H groups in total. The minimum Gasteiger partial charge on any atom is -0.469 e. The van der Waals surface area contributed by atoms with E-state index in [1.165, 1.54) is 44.8 Å². The molecule has 4 rings (SSSR count). The van der Waals surface area contributed by atoms with Gasteiger partial charge >= 0.3 is 5.97 Å². The van der Waals surface area contributed by atoms with Crippen molar-refractivity contribution < 1.29 is 14.3 Å². The number of esters is 1. The van der Waals surface area contributed by atoms with Gasteiger partial charge in [0.05, 0.1) is 7.11 Å². The van der Waals surface area contributed by atoms with Gasteiger partial charge in [0.1, 0.15) is 0 Å². The van der Waals surface area contributed by atoms with Gasteiger partial charge in [-0.1, -0.05) is 32.9 Å². The largest absolute Gasteiger partial charge is 0.469 e. The van der Waals surface area contributed by atoms with E-state index in [9.17, 15) is 9.59 Å². The summed E-state index contributed by atoms with van der Waals surface area (Å²) in [5, 5.41) is 0. The van der Waals surface area contributed by atoms with Gasteiger partial charge < -0.3 is 4.74 Å². The second kappa shape index (κ2) is 7.15. The minimum absolute atomic E-state index is 0.103. The lowest BCUT2D eigenvalue weighted by molar-refractivity contribution is -0.141. The zero-order valence-corrected chi connectivity index (χ0v) is 18.0. The Morgan fingerprint density at radius 3 is 2.75 bits per heavy atom. The van der Waals surface area contributed by atoms with E-state index in [2.05, 4.69) is 32.9 Å². The number of ketones is 1. The summed E-state index contributed by atoms with van der Waals surface area (Å²) in [5.74, 6) is 2.62. The molecule has 0 heterocycles. The van der Waals surface area contributed by atoms with Crippen LogP contribution in [-0.4, -0.2) is 18.9 Å². The summed E-state index contributed by atoms with van der Waals surface area (Å²) in [6.07, 6.45) is 15.0. The van der Waals surface area contributed by atoms with E-state index in [1.54, 1.807) is 0 Å². The molecule has 0 amide bonds. The van der Waals surface area contributed by atoms with Crippen molar-refractivity contribution in [3.05, 3.63) is 23.8 Å². The van der Waals surface area contributed by atoms with Crippen molar-refractivity contribution >= 4 is 11.8 Å². The van der Waals surface area contributed by atoms with Gasteiger partial charge in [-0.3, -0.25) is 9.59 Å². The second-order valence-electron chi connectivity index (χ2n) is 10.4. The second-order valence-corrected chi connectivity index (χ2v) is 10.4. The fourth-order valence-corrected chi connectivity index (χ4v) is 7.67. The average Bonchev–Trinajstić information content (AvgIpc) is 3.03. The molecule has 0 radical (unpaired) electrons. The summed E-state index contributed by atoms with van der Waals surface area (Å²) >= 11 is 0. The van der Waals surface area contributed by atoms with Gasteiger partial charge in [0, 0.05) is 12.3 Å². The van der Waals surface area contributed by atoms with Crippen LogP contribution in [0.1, 0.15) is 72.1 Å². The van der Waals surface area contributed by atoms with Crippen LogP contribution < -0.4 is 0 Å². The highest BCUT2D eigenvalue weighted by Gasteiger charge is 2.60. The summed E-state index contributed by atoms with van der Waals surface area (Å²) < 4.78 is 4.85. The van der Waals surface area contributed by atoms with E-state index < -0.39 is 0 Å². The molecule has 7 atom stereocenters. The molecule has 3 nitrogen and oxygen atoms in total. The van der Waals surface area contributed by atoms with Crippen molar-refractivity contribution in [2.24, 2.45) is 40.4 Å². The third kappa shape index (κ3) is 2.92. The van der Waals surface area contributed by atoms with E-state index in [0.717, 1.165) is 12.8 Å². The minimum atomic E-state index is -0.103. The van der Waals surface area contributed by atoms with E-state index >= 15 is 0 Å². The van der Waals surface area contributed by atoms with Crippen LogP contribution in [0.25, 0.3) is 0 Å². The predicted octanol–water partition coefficient (Wildman–Crippen LogP) is 5.50. The Labute approximate surface area is 170 Å². The van der Waals surface area contributed by atoms with E-state index in [4.69, 9.17) is 4.74 Å². The van der Waals surface area contributed by atoms with Crippen LogP contribution in [0, 0.1) is 40.4 Å². The first-order valence-electron chi connectivity index (χ1n) is 11.3. The molecule has 2 saturated carbocycles. The van der Waals surface area contributed by atoms with Gasteiger partial charge in [-0.05, 0) is 91.1 Å². The SMILES string of the molecule is COC(=O)CC[C@@H](C)[C@H]1CC[C@H]2[C@@H]3C(=O)C=C4C=CCC[C@]4(C)[C@H]3CC[C@]12C. The summed E-state index contributed by atoms with van der Waals surface area (Å²) in [5.41, 5.74) is 1.71. The number of fused-ring (bicyclic) bond motifs is 5. The molecule has 4 aliphatic carbocycles. The van der Waals surface area contributed by atoms with Gasteiger partial charge in [-0.2, -0.15) is 0 Å². The quantitative estimate of drug-likeness (QED) is 0.601. The van der Waals surface area contributed by atoms with Crippen LogP contribution >= 0.6 is 0 Å². The van der Waals surface area contributed by atoms with Crippen LogP contribution in [-0.2, 0) is 14.3 Å². The molecule has 28 heavy (non-hydrogen) atoms. The normalized spacial score (nSPS) is 42.9. The molecule has 0 aromatic carbocycles. The van der Waals surface area contributed by atoms with Gasteiger partial charge in [0.15, 0.2) is 5.78 Å². The van der Waals surface area contributed by atoms with Crippen LogP contribution in [0.4, 0.5) is 0 Å². The van der Waals surface area contributed by atoms with Gasteiger partial charge in [0.2, 0.25) is 0 Å². The Kier molecular flexibility index (Phi) is 5.08. The van der Waals surface area contributed by atoms with Crippen molar-refractivity contribution in [3.8, 4) is 0 Å². The highest BCUT2D eigenvalue weighted by Crippen LogP contribution is 2.66. The summed E-state index contributed by atoms with van der Waals surface area (Å²) in [6.45, 7) is 7.18. The third-order valence-electron chi connectivity index (χ3n) is 9.29. The Hall–Kier alpha value is -1.38. The van der Waals surface area contributed by atoms with Gasteiger partial charge in [0.25, 0.3) is 0 Å². The number of hydrogen-bond acceptors (Lipinski definition) is 3. The number of methoxy groups -OCH3 is 1. The smallest absolute Gasteiger partial charge is 0.305 e. The summed E-state index contributed by atoms with van der Waals surface area (Å²) in [4.78, 5) is 24.9. The van der Waals surface area contributed by atoms with Crippen LogP contribution in [0.3, 0.4) is 0 Å². The molecule has 0 bridgehead atoms. The molecule has 0 aliphatic heterocycles. The molecular weight excluding hydrogens is 348 g/mol. The van der Waals surface area contributed by atoms with Crippen LogP contribution in [0.2, 0.25) is 0 Å². The topological polar surface area (TPSA) is 43.4 Å². The highest BCUT2D eigenvalue weighted by molar-refractivity contribution is 5.95. The standard InChI is InChI=1S/C25H36O3/c1-16(8-11-22(27)28-4)18-9-10-19-23-20(12-14-25(18,19)3)24(2)13-6-5-7-17(24)15-21(23)26/h5,7,15-16,18-20,23H,6,8-14H2,1-4H3/t16-,18-,19+,20+,23+,24+,25-/m1/s1. The van der Waals surface area contributed by atoms with Crippen molar-refractivity contribution in [3.63, 3.8) is 0 Å². The number of carbonyl (C=O) groups excluding carboxylic acids is 2. The molecule has 0 unspecified atom stereocenters. The molecule has 0 saturated heterocycles. The number of allylic oxidation sites excluding steroid dienone is 4. The maximum absolute atomic E-state index is 13.3. The first kappa shape index (κ1) is 19.9. The number of carbonyl (C=O) groups is 2. The van der Waals surface area contributed by atoms with E-state index in [1.807, 2.05) is 6.08 Å². The number of ether oxygens (including phenoxy) is 1. The van der Waals surface area contributed by atoms with Gasteiger partial charge in [-0.15, -0.1) is 0 Å². The van der Waals surface area contributed by atoms with Crippen molar-refractivity contribution in [2.75, 3.05) is 7.11 Å². The zero-order chi connectivity index (χ0) is 20.1. The molecule has 154 valence electrons. The van der Waals surface area contributed by atoms with E-state index in [-0.39, 0.29) is 22.7 Å². The predicted molar refractivity (Wildman–Crippen MR) is 111 cm³/mol. The molecule has 2 fully saturated rings. The lowest BCUT2D eigenvalue weighted by Crippen LogP contribution is -2.52. The fraction of sp³-hybridized carbons (Fsp3) is 0.760. The van der Waals surface area contributed by atoms with Crippen LogP contribution in [0.5, 0.6) is 0 Å². The summed E-state index contributed by atoms with van der Waals surface area (Å²) in [7, 11) is 1.47. The maximum Gasteiger partial charge on any atom is 0.305 e. The summed E-state index contributed by atoms with van der Waals surface area (Å²) in [6, 6.07) is 0. The Morgan fingerprint density at radius 2 is 2.00 bits per heavy atom. The molecule has 0 aromatic rings. The molecule has 4 aliphatic rings. The average molecular weight is 385 g/mol. The lowest BCUT2D eigenvalue weighted by atomic mass is 9.47. The van der Waals surface area contributed by atoms with Crippen LogP contribution in [0.15, 0.2) is 23.8 Å². The lowest BCUT2D eigenvalue weighted by Gasteiger charge is -2.56. The Balaban J connectivity index is 1.58. The van der Waals surface area contributed by atoms with Crippen molar-refractivity contribution in [1.82, 2.24) is 0 Å². The Morgan fingerprint density at radius 1 is 1.21 bits per heavy atom. The van der Waals surface area contributed by atoms with Gasteiger partial charge in [-0.25, -0.2) is 0 Å². The molecular formula is C25H36O3. The highest BCUT2D eigenvalue weighted by atomic mass is 16.5. The fourth-order valence-electron chi connectivity index (χ4n) is 7.67. The molecule has 0 spiro atoms. The first-order valence-corrected chi connectivity index (χ1v) is 11.3. The first-order chi connectivity index (χ1) is 13.3. The zero-order valence-electron chi connectivity index (χ0n) is 18.0. The van der Waals surface area contributed by atoms with E-state index in [0.29, 0.717) is 35.9 Å². The maximum atomic E-state index is 13.3. The third-order valence-corrected chi connectivity index (χ3v) is 9.29. The Bertz CT molecular complexity index is 719. The molecule has 0 aromatic heterocycles. The molecule has 3 heteroatoms. The van der Waals surface area contributed by atoms with Crippen molar-refractivity contribution in [2.45, 2.75) is 72.1 Å². The van der Waals surface area contributed by atoms with Crippen molar-refractivity contribution in [1.29, 1.82) is 0 Å².